The van der Waals surface area contributed by atoms with Gasteiger partial charge < -0.3 is 4.90 Å². The van der Waals surface area contributed by atoms with Crippen LogP contribution in [0.3, 0.4) is 0 Å². The summed E-state index contributed by atoms with van der Waals surface area (Å²) < 4.78 is 0. The summed E-state index contributed by atoms with van der Waals surface area (Å²) in [7, 11) is 2.13. The number of hydrogen-bond donors (Lipinski definition) is 0. The zero-order valence-electron chi connectivity index (χ0n) is 12.2. The first kappa shape index (κ1) is 13.9. The second kappa shape index (κ2) is 6.06. The minimum absolute atomic E-state index is 0.566. The van der Waals surface area contributed by atoms with Gasteiger partial charge in [0.1, 0.15) is 6.07 Å². The Balaban J connectivity index is 2.32. The summed E-state index contributed by atoms with van der Waals surface area (Å²) in [6, 6.07) is 4.94. The molecule has 102 valence electrons. The van der Waals surface area contributed by atoms with Crippen LogP contribution < -0.4 is 4.90 Å². The third kappa shape index (κ3) is 3.07. The van der Waals surface area contributed by atoms with Gasteiger partial charge in [0.15, 0.2) is 0 Å². The summed E-state index contributed by atoms with van der Waals surface area (Å²) in [5.74, 6) is 0. The predicted molar refractivity (Wildman–Crippen MR) is 78.3 cm³/mol. The van der Waals surface area contributed by atoms with Gasteiger partial charge in [-0.2, -0.15) is 5.26 Å². The van der Waals surface area contributed by atoms with E-state index < -0.39 is 0 Å². The van der Waals surface area contributed by atoms with Crippen LogP contribution in [-0.2, 0) is 0 Å². The molecule has 0 saturated heterocycles. The Kier molecular flexibility index (Phi) is 4.42. The molecule has 2 rings (SSSR count). The van der Waals surface area contributed by atoms with Crippen molar-refractivity contribution in [3.63, 3.8) is 0 Å². The quantitative estimate of drug-likeness (QED) is 0.758. The van der Waals surface area contributed by atoms with E-state index in [1.807, 2.05) is 13.8 Å². The van der Waals surface area contributed by atoms with Crippen molar-refractivity contribution in [3.05, 3.63) is 23.0 Å². The lowest BCUT2D eigenvalue weighted by Crippen LogP contribution is -2.32. The monoisotopic (exact) mass is 257 g/mol. The largest absolute Gasteiger partial charge is 0.370 e. The van der Waals surface area contributed by atoms with Crippen LogP contribution in [0.1, 0.15) is 55.5 Å². The van der Waals surface area contributed by atoms with E-state index >= 15 is 0 Å². The number of hydrogen-bond acceptors (Lipinski definition) is 3. The van der Waals surface area contributed by atoms with Crippen LogP contribution in [0.15, 0.2) is 6.07 Å². The Morgan fingerprint density at radius 1 is 1.21 bits per heavy atom. The lowest BCUT2D eigenvalue weighted by atomic mass is 10.0. The van der Waals surface area contributed by atoms with E-state index in [-0.39, 0.29) is 0 Å². The molecule has 1 heterocycles. The molecule has 19 heavy (non-hydrogen) atoms. The van der Waals surface area contributed by atoms with Crippen molar-refractivity contribution in [2.75, 3.05) is 11.9 Å². The van der Waals surface area contributed by atoms with Crippen LogP contribution >= 0.6 is 0 Å². The summed E-state index contributed by atoms with van der Waals surface area (Å²) in [4.78, 5) is 6.71. The second-order valence-electron chi connectivity index (χ2n) is 5.61. The third-order valence-corrected chi connectivity index (χ3v) is 4.17. The van der Waals surface area contributed by atoms with Crippen LogP contribution in [0.25, 0.3) is 0 Å². The molecule has 0 radical (unpaired) electrons. The van der Waals surface area contributed by atoms with Gasteiger partial charge in [-0.25, -0.2) is 0 Å². The summed E-state index contributed by atoms with van der Waals surface area (Å²) in [6.45, 7) is 3.93. The SMILES string of the molecule is Cc1cc(N(C)C2CCCCCC2)c(C#N)c(C)n1. The zero-order chi connectivity index (χ0) is 13.8. The van der Waals surface area contributed by atoms with Gasteiger partial charge in [0.25, 0.3) is 0 Å². The number of aryl methyl sites for hydroxylation is 2. The Morgan fingerprint density at radius 3 is 2.42 bits per heavy atom. The Labute approximate surface area is 116 Å². The smallest absolute Gasteiger partial charge is 0.103 e. The van der Waals surface area contributed by atoms with Gasteiger partial charge >= 0.3 is 0 Å². The Morgan fingerprint density at radius 2 is 1.84 bits per heavy atom. The van der Waals surface area contributed by atoms with Gasteiger partial charge in [-0.05, 0) is 32.8 Å². The first-order chi connectivity index (χ1) is 9.13. The predicted octanol–water partition coefficient (Wildman–Crippen LogP) is 3.73. The van der Waals surface area contributed by atoms with Gasteiger partial charge in [-0.3, -0.25) is 4.98 Å². The second-order valence-corrected chi connectivity index (χ2v) is 5.61. The standard InChI is InChI=1S/C16H23N3/c1-12-10-16(15(11-17)13(2)18-12)19(3)14-8-6-4-5-7-9-14/h10,14H,4-9H2,1-3H3. The lowest BCUT2D eigenvalue weighted by Gasteiger charge is -2.30. The van der Waals surface area contributed by atoms with Gasteiger partial charge in [0.05, 0.1) is 16.9 Å². The van der Waals surface area contributed by atoms with Crippen molar-refractivity contribution >= 4 is 5.69 Å². The summed E-state index contributed by atoms with van der Waals surface area (Å²) in [5, 5.41) is 9.38. The maximum atomic E-state index is 9.38. The Bertz CT molecular complexity index is 480. The summed E-state index contributed by atoms with van der Waals surface area (Å²) >= 11 is 0. The minimum atomic E-state index is 0.566. The molecule has 0 spiro atoms. The van der Waals surface area contributed by atoms with E-state index in [1.165, 1.54) is 38.5 Å². The van der Waals surface area contributed by atoms with Crippen molar-refractivity contribution in [3.8, 4) is 6.07 Å². The molecule has 1 aliphatic rings. The number of aromatic nitrogens is 1. The van der Waals surface area contributed by atoms with Crippen LogP contribution in [0, 0.1) is 25.2 Å². The molecule has 0 aliphatic heterocycles. The highest BCUT2D eigenvalue weighted by Gasteiger charge is 2.20. The molecule has 1 aromatic heterocycles. The molecule has 1 aromatic rings. The fourth-order valence-electron chi connectivity index (χ4n) is 3.07. The highest BCUT2D eigenvalue weighted by molar-refractivity contribution is 5.61. The fraction of sp³-hybridized carbons (Fsp3) is 0.625. The van der Waals surface area contributed by atoms with E-state index in [0.29, 0.717) is 6.04 Å². The molecule has 3 nitrogen and oxygen atoms in total. The molecular weight excluding hydrogens is 234 g/mol. The van der Waals surface area contributed by atoms with Crippen LogP contribution in [0.5, 0.6) is 0 Å². The minimum Gasteiger partial charge on any atom is -0.370 e. The molecule has 1 saturated carbocycles. The molecule has 0 N–H and O–H groups in total. The van der Waals surface area contributed by atoms with Gasteiger partial charge in [0.2, 0.25) is 0 Å². The molecule has 0 amide bonds. The molecule has 0 aromatic carbocycles. The molecule has 0 atom stereocenters. The molecule has 0 bridgehead atoms. The molecule has 3 heteroatoms. The van der Waals surface area contributed by atoms with Crippen LogP contribution in [-0.4, -0.2) is 18.1 Å². The third-order valence-electron chi connectivity index (χ3n) is 4.17. The molecule has 1 fully saturated rings. The summed E-state index contributed by atoms with van der Waals surface area (Å²) in [6.07, 6.45) is 7.79. The lowest BCUT2D eigenvalue weighted by molar-refractivity contribution is 0.552. The van der Waals surface area contributed by atoms with Crippen molar-refractivity contribution < 1.29 is 0 Å². The van der Waals surface area contributed by atoms with Crippen molar-refractivity contribution in [2.24, 2.45) is 0 Å². The fourth-order valence-corrected chi connectivity index (χ4v) is 3.07. The van der Waals surface area contributed by atoms with Gasteiger partial charge in [-0.1, -0.05) is 25.7 Å². The maximum Gasteiger partial charge on any atom is 0.103 e. The van der Waals surface area contributed by atoms with Crippen LogP contribution in [0.2, 0.25) is 0 Å². The average molecular weight is 257 g/mol. The van der Waals surface area contributed by atoms with Crippen molar-refractivity contribution in [2.45, 2.75) is 58.4 Å². The van der Waals surface area contributed by atoms with E-state index in [1.54, 1.807) is 0 Å². The molecular formula is C16H23N3. The van der Waals surface area contributed by atoms with E-state index in [2.05, 4.69) is 29.1 Å². The number of pyridine rings is 1. The van der Waals surface area contributed by atoms with E-state index in [9.17, 15) is 5.26 Å². The van der Waals surface area contributed by atoms with Crippen LogP contribution in [0.4, 0.5) is 5.69 Å². The Hall–Kier alpha value is -1.56. The highest BCUT2D eigenvalue weighted by Crippen LogP contribution is 2.29. The highest BCUT2D eigenvalue weighted by atomic mass is 15.1. The van der Waals surface area contributed by atoms with Gasteiger partial charge in [0, 0.05) is 18.8 Å². The number of rotatable bonds is 2. The van der Waals surface area contributed by atoms with E-state index in [0.717, 1.165) is 22.6 Å². The first-order valence-electron chi connectivity index (χ1n) is 7.24. The molecule has 0 unspecified atom stereocenters. The maximum absolute atomic E-state index is 9.38. The number of nitriles is 1. The summed E-state index contributed by atoms with van der Waals surface area (Å²) in [5.41, 5.74) is 3.63. The average Bonchev–Trinajstić information content (AvgIpc) is 2.66. The molecule has 1 aliphatic carbocycles. The first-order valence-corrected chi connectivity index (χ1v) is 7.24. The number of nitrogens with zero attached hydrogens (tertiary/aromatic N) is 3. The zero-order valence-corrected chi connectivity index (χ0v) is 12.2. The van der Waals surface area contributed by atoms with E-state index in [4.69, 9.17) is 0 Å². The normalized spacial score (nSPS) is 16.7. The van der Waals surface area contributed by atoms with Crippen molar-refractivity contribution in [1.82, 2.24) is 4.98 Å². The number of anilines is 1. The topological polar surface area (TPSA) is 39.9 Å². The van der Waals surface area contributed by atoms with Gasteiger partial charge in [-0.15, -0.1) is 0 Å². The van der Waals surface area contributed by atoms with Crippen molar-refractivity contribution in [1.29, 1.82) is 5.26 Å².